The van der Waals surface area contributed by atoms with Gasteiger partial charge in [-0.15, -0.1) is 0 Å². The van der Waals surface area contributed by atoms with Crippen molar-refractivity contribution in [2.45, 2.75) is 77.4 Å². The Morgan fingerprint density at radius 2 is 1.86 bits per heavy atom. The van der Waals surface area contributed by atoms with Gasteiger partial charge >= 0.3 is 0 Å². The monoisotopic (exact) mass is 582 g/mol. The topological polar surface area (TPSA) is 58.6 Å². The Morgan fingerprint density at radius 3 is 2.49 bits per heavy atom. The molecule has 3 rings (SSSR count). The Balaban J connectivity index is 1.79. The van der Waals surface area contributed by atoms with Gasteiger partial charge < -0.3 is 15.0 Å². The van der Waals surface area contributed by atoms with Crippen LogP contribution in [0.3, 0.4) is 0 Å². The zero-order valence-corrected chi connectivity index (χ0v) is 23.4. The number of hydrogen-bond donors (Lipinski definition) is 1. The average Bonchev–Trinajstić information content (AvgIpc) is 2.84. The third-order valence-electron chi connectivity index (χ3n) is 6.45. The second-order valence-corrected chi connectivity index (χ2v) is 10.6. The lowest BCUT2D eigenvalue weighted by molar-refractivity contribution is -0.143. The molecular weight excluding hydrogens is 551 g/mol. The van der Waals surface area contributed by atoms with E-state index in [9.17, 15) is 9.59 Å². The lowest BCUT2D eigenvalue weighted by Crippen LogP contribution is -2.52. The number of nitrogens with zero attached hydrogens (tertiary/aromatic N) is 1. The molecule has 1 saturated carbocycles. The molecule has 2 aromatic carbocycles. The fourth-order valence-corrected chi connectivity index (χ4v) is 5.41. The van der Waals surface area contributed by atoms with Gasteiger partial charge in [-0.1, -0.05) is 68.4 Å². The van der Waals surface area contributed by atoms with Crippen molar-refractivity contribution in [2.75, 3.05) is 6.61 Å². The second-order valence-electron chi connectivity index (χ2n) is 8.93. The Bertz CT molecular complexity index is 1030. The predicted octanol–water partition coefficient (Wildman–Crippen LogP) is 6.95. The number of benzene rings is 2. The molecule has 8 heteroatoms. The number of halogens is 3. The van der Waals surface area contributed by atoms with Crippen molar-refractivity contribution in [1.29, 1.82) is 0 Å². The summed E-state index contributed by atoms with van der Waals surface area (Å²) >= 11 is 16.0. The first-order chi connectivity index (χ1) is 16.8. The van der Waals surface area contributed by atoms with Crippen LogP contribution in [0.15, 0.2) is 40.9 Å². The molecule has 1 atom stereocenters. The third-order valence-corrected chi connectivity index (χ3v) is 7.66. The van der Waals surface area contributed by atoms with Gasteiger partial charge in [0.05, 0.1) is 4.47 Å². The molecule has 1 aliphatic carbocycles. The van der Waals surface area contributed by atoms with Crippen LogP contribution in [0.5, 0.6) is 5.75 Å². The van der Waals surface area contributed by atoms with Gasteiger partial charge in [0.25, 0.3) is 5.91 Å². The summed E-state index contributed by atoms with van der Waals surface area (Å²) in [5.41, 5.74) is 1.89. The molecule has 0 spiro atoms. The highest BCUT2D eigenvalue weighted by molar-refractivity contribution is 9.10. The molecule has 0 aromatic heterocycles. The van der Waals surface area contributed by atoms with E-state index in [4.69, 9.17) is 27.9 Å². The van der Waals surface area contributed by atoms with Crippen molar-refractivity contribution in [3.8, 4) is 5.75 Å². The number of rotatable bonds is 10. The second kappa shape index (κ2) is 13.5. The molecule has 190 valence electrons. The molecule has 0 saturated heterocycles. The lowest BCUT2D eigenvalue weighted by Gasteiger charge is -2.33. The fourth-order valence-electron chi connectivity index (χ4n) is 4.40. The summed E-state index contributed by atoms with van der Waals surface area (Å²) < 4.78 is 6.66. The van der Waals surface area contributed by atoms with Crippen molar-refractivity contribution in [3.05, 3.63) is 62.0 Å². The molecule has 1 aliphatic rings. The van der Waals surface area contributed by atoms with Crippen molar-refractivity contribution in [1.82, 2.24) is 10.2 Å². The van der Waals surface area contributed by atoms with Gasteiger partial charge in [0.15, 0.2) is 6.61 Å². The number of ether oxygens (including phenoxy) is 1. The average molecular weight is 584 g/mol. The summed E-state index contributed by atoms with van der Waals surface area (Å²) in [5.74, 6) is 0.166. The molecule has 0 unspecified atom stereocenters. The minimum Gasteiger partial charge on any atom is -0.483 e. The molecule has 0 bridgehead atoms. The number of amides is 2. The highest BCUT2D eigenvalue weighted by atomic mass is 79.9. The smallest absolute Gasteiger partial charge is 0.261 e. The molecule has 1 fully saturated rings. The highest BCUT2D eigenvalue weighted by Crippen LogP contribution is 2.27. The minimum absolute atomic E-state index is 0.133. The molecule has 2 aromatic rings. The zero-order chi connectivity index (χ0) is 25.4. The SMILES string of the molecule is CCc1ccc(OCC(=O)N(Cc2ccc(Cl)cc2Cl)[C@@H](CC)C(=O)NC2CCCCC2)c(Br)c1. The summed E-state index contributed by atoms with van der Waals surface area (Å²) in [6.07, 6.45) is 6.77. The summed E-state index contributed by atoms with van der Waals surface area (Å²) in [6, 6.07) is 10.5. The minimum atomic E-state index is -0.634. The van der Waals surface area contributed by atoms with Crippen LogP contribution >= 0.6 is 39.1 Å². The van der Waals surface area contributed by atoms with Crippen LogP contribution in [0.1, 0.15) is 63.5 Å². The molecule has 0 heterocycles. The molecule has 5 nitrogen and oxygen atoms in total. The molecular formula is C27H33BrCl2N2O3. The maximum atomic E-state index is 13.5. The van der Waals surface area contributed by atoms with Crippen LogP contribution in [0.25, 0.3) is 0 Å². The Morgan fingerprint density at radius 1 is 1.11 bits per heavy atom. The predicted molar refractivity (Wildman–Crippen MR) is 145 cm³/mol. The number of aryl methyl sites for hydroxylation is 1. The lowest BCUT2D eigenvalue weighted by atomic mass is 9.95. The van der Waals surface area contributed by atoms with Crippen LogP contribution in [-0.2, 0) is 22.6 Å². The van der Waals surface area contributed by atoms with Crippen molar-refractivity contribution >= 4 is 50.9 Å². The van der Waals surface area contributed by atoms with Crippen LogP contribution in [0, 0.1) is 0 Å². The van der Waals surface area contributed by atoms with Gasteiger partial charge in [0.2, 0.25) is 5.91 Å². The van der Waals surface area contributed by atoms with Gasteiger partial charge in [0.1, 0.15) is 11.8 Å². The maximum Gasteiger partial charge on any atom is 0.261 e. The summed E-state index contributed by atoms with van der Waals surface area (Å²) in [6.45, 7) is 3.98. The van der Waals surface area contributed by atoms with E-state index in [1.807, 2.05) is 25.1 Å². The first kappa shape index (κ1) is 27.8. The van der Waals surface area contributed by atoms with Crippen LogP contribution in [-0.4, -0.2) is 35.4 Å². The first-order valence-electron chi connectivity index (χ1n) is 12.3. The van der Waals surface area contributed by atoms with E-state index < -0.39 is 6.04 Å². The third kappa shape index (κ3) is 7.86. The normalized spacial score (nSPS) is 14.9. The number of nitrogens with one attached hydrogen (secondary N) is 1. The van der Waals surface area contributed by atoms with Gasteiger partial charge in [-0.3, -0.25) is 9.59 Å². The Hall–Kier alpha value is -1.76. The van der Waals surface area contributed by atoms with E-state index in [1.165, 1.54) is 12.0 Å². The van der Waals surface area contributed by atoms with Crippen LogP contribution in [0.2, 0.25) is 10.0 Å². The van der Waals surface area contributed by atoms with Gasteiger partial charge in [-0.25, -0.2) is 0 Å². The molecule has 0 radical (unpaired) electrons. The zero-order valence-electron chi connectivity index (χ0n) is 20.3. The summed E-state index contributed by atoms with van der Waals surface area (Å²) in [7, 11) is 0. The molecule has 2 amide bonds. The van der Waals surface area contributed by atoms with Gasteiger partial charge in [0, 0.05) is 22.6 Å². The quantitative estimate of drug-likeness (QED) is 0.329. The standard InChI is InChI=1S/C27H33BrCl2N2O3/c1-3-18-10-13-25(22(28)14-18)35-17-26(33)32(16-19-11-12-20(29)15-23(19)30)24(4-2)27(34)31-21-8-6-5-7-9-21/h10-15,21,24H,3-9,16-17H2,1-2H3,(H,31,34)/t24-/m0/s1. The summed E-state index contributed by atoms with van der Waals surface area (Å²) in [4.78, 5) is 28.3. The van der Waals surface area contributed by atoms with Crippen LogP contribution in [0.4, 0.5) is 0 Å². The van der Waals surface area contributed by atoms with E-state index in [2.05, 4.69) is 28.2 Å². The Labute approximate surface area is 226 Å². The van der Waals surface area contributed by atoms with E-state index in [0.717, 1.165) is 42.1 Å². The molecule has 1 N–H and O–H groups in total. The van der Waals surface area contributed by atoms with E-state index in [-0.39, 0.29) is 31.0 Å². The fraction of sp³-hybridized carbons (Fsp3) is 0.481. The Kier molecular flexibility index (Phi) is 10.7. The van der Waals surface area contributed by atoms with Crippen LogP contribution < -0.4 is 10.1 Å². The summed E-state index contributed by atoms with van der Waals surface area (Å²) in [5, 5.41) is 4.15. The number of carbonyl (C=O) groups excluding carboxylic acids is 2. The highest BCUT2D eigenvalue weighted by Gasteiger charge is 2.31. The maximum absolute atomic E-state index is 13.5. The number of carbonyl (C=O) groups is 2. The molecule has 35 heavy (non-hydrogen) atoms. The van der Waals surface area contributed by atoms with Crippen molar-refractivity contribution in [2.24, 2.45) is 0 Å². The van der Waals surface area contributed by atoms with Crippen molar-refractivity contribution in [3.63, 3.8) is 0 Å². The van der Waals surface area contributed by atoms with Gasteiger partial charge in [-0.2, -0.15) is 0 Å². The largest absolute Gasteiger partial charge is 0.483 e. The van der Waals surface area contributed by atoms with E-state index in [0.29, 0.717) is 22.2 Å². The van der Waals surface area contributed by atoms with E-state index in [1.54, 1.807) is 23.1 Å². The number of hydrogen-bond acceptors (Lipinski definition) is 3. The van der Waals surface area contributed by atoms with E-state index >= 15 is 0 Å². The molecule has 0 aliphatic heterocycles. The van der Waals surface area contributed by atoms with Gasteiger partial charge in [-0.05, 0) is 77.0 Å². The first-order valence-corrected chi connectivity index (χ1v) is 13.8. The van der Waals surface area contributed by atoms with Crippen molar-refractivity contribution < 1.29 is 14.3 Å².